The minimum Gasteiger partial charge on any atom is -0.458 e. The normalized spacial score (nSPS) is 34.9. The number of ketones is 2. The van der Waals surface area contributed by atoms with Gasteiger partial charge in [-0.15, -0.1) is 20.2 Å². The highest BCUT2D eigenvalue weighted by atomic mass is 17.0. The fourth-order valence-corrected chi connectivity index (χ4v) is 8.09. The third-order valence-corrected chi connectivity index (χ3v) is 9.76. The van der Waals surface area contributed by atoms with Gasteiger partial charge in [0.05, 0.1) is 6.10 Å². The fraction of sp³-hybridized carbons (Fsp3) is 0.741. The Morgan fingerprint density at radius 1 is 1.18 bits per heavy atom. The van der Waals surface area contributed by atoms with Gasteiger partial charge in [0.15, 0.2) is 11.6 Å². The van der Waals surface area contributed by atoms with Crippen LogP contribution in [0.3, 0.4) is 0 Å². The summed E-state index contributed by atoms with van der Waals surface area (Å²) in [4.78, 5) is 66.9. The lowest BCUT2D eigenvalue weighted by Crippen LogP contribution is -2.56. The van der Waals surface area contributed by atoms with Crippen LogP contribution in [0, 0.1) is 54.7 Å². The Balaban J connectivity index is 1.31. The molecule has 0 aromatic rings. The molecule has 3 saturated carbocycles. The maximum atomic E-state index is 13.3. The van der Waals surface area contributed by atoms with E-state index >= 15 is 0 Å². The average Bonchev–Trinajstić information content (AvgIpc) is 3.22. The van der Waals surface area contributed by atoms with Crippen molar-refractivity contribution in [2.45, 2.75) is 77.4 Å². The minimum absolute atomic E-state index is 0.0179. The second-order valence-corrected chi connectivity index (χ2v) is 11.9. The molecule has 0 radical (unpaired) electrons. The van der Waals surface area contributed by atoms with Crippen molar-refractivity contribution < 1.29 is 44.1 Å². The second-order valence-electron chi connectivity index (χ2n) is 11.9. The number of carbonyl (C=O) groups is 3. The summed E-state index contributed by atoms with van der Waals surface area (Å²) in [6.07, 6.45) is 6.87. The van der Waals surface area contributed by atoms with Crippen molar-refractivity contribution in [3.05, 3.63) is 44.0 Å². The molecular formula is C27H36N2O11. The van der Waals surface area contributed by atoms with Gasteiger partial charge in [0.2, 0.25) is 0 Å². The number of Topliss-reactive ketones (excluding diaryl/α,β-unsaturated/α-hetero) is 1. The van der Waals surface area contributed by atoms with Crippen LogP contribution in [-0.4, -0.2) is 58.2 Å². The first kappa shape index (κ1) is 29.6. The first-order chi connectivity index (χ1) is 18.8. The molecule has 0 aromatic heterocycles. The van der Waals surface area contributed by atoms with Gasteiger partial charge < -0.3 is 19.5 Å². The molecule has 40 heavy (non-hydrogen) atoms. The van der Waals surface area contributed by atoms with Gasteiger partial charge in [-0.05, 0) is 74.3 Å². The third kappa shape index (κ3) is 5.89. The molecule has 0 heterocycles. The van der Waals surface area contributed by atoms with Gasteiger partial charge in [0, 0.05) is 23.7 Å². The highest BCUT2D eigenvalue weighted by Crippen LogP contribution is 2.66. The topological polar surface area (TPSA) is 185 Å². The molecule has 0 bridgehead atoms. The molecule has 4 aliphatic rings. The van der Waals surface area contributed by atoms with E-state index < -0.39 is 47.0 Å². The van der Waals surface area contributed by atoms with Gasteiger partial charge in [-0.3, -0.25) is 14.4 Å². The van der Waals surface area contributed by atoms with E-state index in [2.05, 4.69) is 23.5 Å². The molecule has 4 aliphatic carbocycles. The van der Waals surface area contributed by atoms with E-state index in [1.54, 1.807) is 12.2 Å². The lowest BCUT2D eigenvalue weighted by Gasteiger charge is -2.58. The number of nitrogens with zero attached hydrogens (tertiary/aromatic N) is 2. The second kappa shape index (κ2) is 11.6. The molecule has 13 nitrogen and oxygen atoms in total. The predicted octanol–water partition coefficient (Wildman–Crippen LogP) is 2.95. The smallest absolute Gasteiger partial charge is 0.306 e. The molecule has 3 fully saturated rings. The van der Waals surface area contributed by atoms with Crippen molar-refractivity contribution in [2.24, 2.45) is 34.5 Å². The van der Waals surface area contributed by atoms with Crippen molar-refractivity contribution in [3.63, 3.8) is 0 Å². The van der Waals surface area contributed by atoms with E-state index in [-0.39, 0.29) is 59.9 Å². The highest BCUT2D eigenvalue weighted by Gasteiger charge is 2.62. The van der Waals surface area contributed by atoms with E-state index in [1.165, 1.54) is 0 Å². The zero-order valence-corrected chi connectivity index (χ0v) is 22.7. The number of ether oxygens (including phenoxy) is 1. The summed E-state index contributed by atoms with van der Waals surface area (Å²) >= 11 is 0. The third-order valence-electron chi connectivity index (χ3n) is 9.76. The molecule has 0 saturated heterocycles. The Morgan fingerprint density at radius 2 is 1.93 bits per heavy atom. The first-order valence-corrected chi connectivity index (χ1v) is 13.7. The number of aliphatic hydroxyl groups is 1. The number of carbonyl (C=O) groups excluding carboxylic acids is 3. The molecule has 8 atom stereocenters. The predicted molar refractivity (Wildman–Crippen MR) is 136 cm³/mol. The summed E-state index contributed by atoms with van der Waals surface area (Å²) in [6.45, 7) is 3.11. The van der Waals surface area contributed by atoms with E-state index in [1.807, 2.05) is 6.08 Å². The van der Waals surface area contributed by atoms with Gasteiger partial charge >= 0.3 is 5.97 Å². The van der Waals surface area contributed by atoms with Crippen LogP contribution >= 0.6 is 0 Å². The lowest BCUT2D eigenvalue weighted by atomic mass is 9.46. The summed E-state index contributed by atoms with van der Waals surface area (Å²) in [5.74, 6) is -0.811. The monoisotopic (exact) mass is 564 g/mol. The molecule has 4 rings (SSSR count). The number of esters is 1. The largest absolute Gasteiger partial charge is 0.458 e. The van der Waals surface area contributed by atoms with Gasteiger partial charge in [0.25, 0.3) is 10.2 Å². The highest BCUT2D eigenvalue weighted by molar-refractivity contribution is 6.01. The number of aliphatic hydroxyl groups excluding tert-OH is 1. The van der Waals surface area contributed by atoms with Crippen molar-refractivity contribution in [3.8, 4) is 0 Å². The Morgan fingerprint density at radius 3 is 2.62 bits per heavy atom. The molecule has 220 valence electrons. The molecule has 0 aromatic carbocycles. The maximum absolute atomic E-state index is 13.3. The Kier molecular flexibility index (Phi) is 8.62. The number of hydrogen-bond acceptors (Lipinski definition) is 11. The van der Waals surface area contributed by atoms with E-state index in [0.29, 0.717) is 12.8 Å². The number of rotatable bonds is 12. The van der Waals surface area contributed by atoms with Crippen LogP contribution < -0.4 is 0 Å². The Labute approximate surface area is 231 Å². The van der Waals surface area contributed by atoms with E-state index in [4.69, 9.17) is 4.74 Å². The Bertz CT molecular complexity index is 1120. The van der Waals surface area contributed by atoms with Crippen LogP contribution in [0.4, 0.5) is 0 Å². The summed E-state index contributed by atoms with van der Waals surface area (Å²) in [7, 11) is 0. The molecular weight excluding hydrogens is 528 g/mol. The molecule has 0 amide bonds. The summed E-state index contributed by atoms with van der Waals surface area (Å²) in [5.41, 5.74) is 0.261. The molecule has 1 N–H and O–H groups in total. The SMILES string of the molecule is CC12C=CC(=O)C=C1CCC1C2C(O)CC2(C)C(C(=O)COC(=O)CCCC(CO[N+](=O)[O-])O[N+](=O)[O-])CCC12. The quantitative estimate of drug-likeness (QED) is 0.209. The number of hydrogen-bond donors (Lipinski definition) is 1. The van der Waals surface area contributed by atoms with E-state index in [9.17, 15) is 39.7 Å². The summed E-state index contributed by atoms with van der Waals surface area (Å²) in [6, 6.07) is 0. The maximum Gasteiger partial charge on any atom is 0.306 e. The van der Waals surface area contributed by atoms with Crippen LogP contribution in [0.25, 0.3) is 0 Å². The summed E-state index contributed by atoms with van der Waals surface area (Å²) < 4.78 is 5.22. The number of fused-ring (bicyclic) bond motifs is 5. The number of allylic oxidation sites excluding steroid dienone is 4. The molecule has 13 heteroatoms. The van der Waals surface area contributed by atoms with Gasteiger partial charge in [-0.25, -0.2) is 0 Å². The lowest BCUT2D eigenvalue weighted by molar-refractivity contribution is -0.790. The van der Waals surface area contributed by atoms with Crippen molar-refractivity contribution in [2.75, 3.05) is 13.2 Å². The molecule has 8 unspecified atom stereocenters. The van der Waals surface area contributed by atoms with Gasteiger partial charge in [-0.2, -0.15) is 0 Å². The van der Waals surface area contributed by atoms with Crippen LogP contribution in [0.15, 0.2) is 23.8 Å². The zero-order valence-electron chi connectivity index (χ0n) is 22.7. The van der Waals surface area contributed by atoms with Crippen molar-refractivity contribution >= 4 is 17.5 Å². The Hall–Kier alpha value is -3.35. The molecule has 0 aliphatic heterocycles. The van der Waals surface area contributed by atoms with Crippen molar-refractivity contribution in [1.29, 1.82) is 0 Å². The van der Waals surface area contributed by atoms with Crippen molar-refractivity contribution in [1.82, 2.24) is 0 Å². The summed E-state index contributed by atoms with van der Waals surface area (Å²) in [5, 5.41) is 30.2. The standard InChI is InChI=1S/C27H36N2O11/c1-26-11-10-17(30)12-16(26)6-7-19-20-8-9-21(27(20,2)13-22(31)25(19)26)23(32)15-38-24(33)5-3-4-18(40-29(36)37)14-39-28(34)35/h10-12,18-22,25,31H,3-9,13-15H2,1-2H3. The fourth-order valence-electron chi connectivity index (χ4n) is 8.09. The van der Waals surface area contributed by atoms with Crippen LogP contribution in [0.5, 0.6) is 0 Å². The van der Waals surface area contributed by atoms with Gasteiger partial charge in [-0.1, -0.05) is 25.5 Å². The van der Waals surface area contributed by atoms with Gasteiger partial charge in [0.1, 0.15) is 19.3 Å². The van der Waals surface area contributed by atoms with Crippen LogP contribution in [0.1, 0.15) is 65.2 Å². The molecule has 0 spiro atoms. The van der Waals surface area contributed by atoms with Crippen LogP contribution in [0.2, 0.25) is 0 Å². The van der Waals surface area contributed by atoms with Crippen LogP contribution in [-0.2, 0) is 28.8 Å². The van der Waals surface area contributed by atoms with E-state index in [0.717, 1.165) is 24.8 Å². The zero-order chi connectivity index (χ0) is 29.2. The average molecular weight is 565 g/mol. The minimum atomic E-state index is -1.22. The first-order valence-electron chi connectivity index (χ1n) is 13.7.